The number of benzene rings is 2. The van der Waals surface area contributed by atoms with Gasteiger partial charge in [0.15, 0.2) is 0 Å². The maximum atomic E-state index is 6.40. The molecule has 0 N–H and O–H groups in total. The van der Waals surface area contributed by atoms with Gasteiger partial charge in [-0.15, -0.1) is 11.6 Å². The molecule has 0 saturated carbocycles. The minimum Gasteiger partial charge on any atom is -0.118 e. The Morgan fingerprint density at radius 3 is 2.05 bits per heavy atom. The summed E-state index contributed by atoms with van der Waals surface area (Å²) in [5, 5.41) is 0.151. The molecule has 3 rings (SSSR count). The van der Waals surface area contributed by atoms with Crippen LogP contribution < -0.4 is 0 Å². The Balaban J connectivity index is 1.88. The van der Waals surface area contributed by atoms with Gasteiger partial charge in [0, 0.05) is 0 Å². The first-order chi connectivity index (χ1) is 10.0. The van der Waals surface area contributed by atoms with E-state index in [1.54, 1.807) is 0 Å². The molecule has 108 valence electrons. The van der Waals surface area contributed by atoms with Gasteiger partial charge in [-0.1, -0.05) is 74.5 Å². The second-order valence-corrected chi connectivity index (χ2v) is 7.26. The van der Waals surface area contributed by atoms with Crippen molar-refractivity contribution in [1.82, 2.24) is 0 Å². The smallest absolute Gasteiger partial charge is 0.0527 e. The van der Waals surface area contributed by atoms with E-state index in [1.807, 2.05) is 6.07 Å². The molecular weight excluding hydrogens is 276 g/mol. The summed E-state index contributed by atoms with van der Waals surface area (Å²) in [4.78, 5) is 0. The Bertz CT molecular complexity index is 635. The van der Waals surface area contributed by atoms with Crippen molar-refractivity contribution in [2.75, 3.05) is 0 Å². The Morgan fingerprint density at radius 2 is 1.43 bits per heavy atom. The molecule has 0 radical (unpaired) electrons. The minimum absolute atomic E-state index is 0.151. The van der Waals surface area contributed by atoms with Gasteiger partial charge in [-0.2, -0.15) is 0 Å². The first-order valence-corrected chi connectivity index (χ1v) is 7.98. The maximum absolute atomic E-state index is 6.40. The molecule has 0 spiro atoms. The molecule has 2 aromatic rings. The van der Waals surface area contributed by atoms with Gasteiger partial charge in [0.05, 0.1) is 5.38 Å². The van der Waals surface area contributed by atoms with Crippen LogP contribution >= 0.6 is 11.6 Å². The van der Waals surface area contributed by atoms with E-state index in [0.717, 1.165) is 12.8 Å². The number of rotatable bonds is 2. The molecule has 0 heterocycles. The summed E-state index contributed by atoms with van der Waals surface area (Å²) in [6.45, 7) is 4.60. The monoisotopic (exact) mass is 296 g/mol. The molecule has 0 fully saturated rings. The highest BCUT2D eigenvalue weighted by Gasteiger charge is 2.28. The molecule has 1 aliphatic rings. The lowest BCUT2D eigenvalue weighted by atomic mass is 9.75. The van der Waals surface area contributed by atoms with E-state index in [9.17, 15) is 0 Å². The average Bonchev–Trinajstić information content (AvgIpc) is 2.46. The zero-order valence-corrected chi connectivity index (χ0v) is 13.4. The van der Waals surface area contributed by atoms with E-state index in [2.05, 4.69) is 68.5 Å². The SMILES string of the molecule is CC1(C)CC(c2ccc(-c3ccccc3)cc2)=CC(Cl)C1. The van der Waals surface area contributed by atoms with Crippen LogP contribution in [0.1, 0.15) is 32.3 Å². The zero-order chi connectivity index (χ0) is 14.9. The van der Waals surface area contributed by atoms with E-state index in [0.29, 0.717) is 0 Å². The Hall–Kier alpha value is -1.53. The topological polar surface area (TPSA) is 0 Å². The third-order valence-corrected chi connectivity index (χ3v) is 4.44. The van der Waals surface area contributed by atoms with Gasteiger partial charge >= 0.3 is 0 Å². The van der Waals surface area contributed by atoms with Crippen molar-refractivity contribution in [3.63, 3.8) is 0 Å². The summed E-state index contributed by atoms with van der Waals surface area (Å²) in [5.41, 5.74) is 5.49. The molecule has 0 aliphatic heterocycles. The van der Waals surface area contributed by atoms with Gasteiger partial charge in [0.2, 0.25) is 0 Å². The lowest BCUT2D eigenvalue weighted by Gasteiger charge is -2.32. The highest BCUT2D eigenvalue weighted by atomic mass is 35.5. The molecular formula is C20H21Cl. The molecule has 21 heavy (non-hydrogen) atoms. The van der Waals surface area contributed by atoms with Crippen LogP contribution in [0, 0.1) is 5.41 Å². The summed E-state index contributed by atoms with van der Waals surface area (Å²) in [6, 6.07) is 19.3. The second kappa shape index (κ2) is 5.69. The first-order valence-electron chi connectivity index (χ1n) is 7.54. The first kappa shape index (κ1) is 14.4. The fourth-order valence-corrected chi connectivity index (χ4v) is 3.73. The quantitative estimate of drug-likeness (QED) is 0.582. The second-order valence-electron chi connectivity index (χ2n) is 6.70. The number of hydrogen-bond acceptors (Lipinski definition) is 0. The van der Waals surface area contributed by atoms with Crippen molar-refractivity contribution in [2.45, 2.75) is 32.1 Å². The van der Waals surface area contributed by atoms with Crippen molar-refractivity contribution in [3.8, 4) is 11.1 Å². The minimum atomic E-state index is 0.151. The van der Waals surface area contributed by atoms with E-state index in [1.165, 1.54) is 22.3 Å². The number of alkyl halides is 1. The molecule has 0 nitrogen and oxygen atoms in total. The predicted molar refractivity (Wildman–Crippen MR) is 92.5 cm³/mol. The lowest BCUT2D eigenvalue weighted by Crippen LogP contribution is -2.21. The highest BCUT2D eigenvalue weighted by molar-refractivity contribution is 6.22. The van der Waals surface area contributed by atoms with Crippen molar-refractivity contribution in [2.24, 2.45) is 5.41 Å². The summed E-state index contributed by atoms with van der Waals surface area (Å²) < 4.78 is 0. The van der Waals surface area contributed by atoms with Crippen molar-refractivity contribution in [3.05, 3.63) is 66.2 Å². The molecule has 0 saturated heterocycles. The molecule has 0 bridgehead atoms. The van der Waals surface area contributed by atoms with E-state index >= 15 is 0 Å². The average molecular weight is 297 g/mol. The third-order valence-electron chi connectivity index (χ3n) is 4.16. The number of hydrogen-bond donors (Lipinski definition) is 0. The lowest BCUT2D eigenvalue weighted by molar-refractivity contribution is 0.340. The Labute approximate surface area is 132 Å². The molecule has 2 aromatic carbocycles. The van der Waals surface area contributed by atoms with Crippen molar-refractivity contribution < 1.29 is 0 Å². The Kier molecular flexibility index (Phi) is 3.91. The van der Waals surface area contributed by atoms with Gasteiger partial charge < -0.3 is 0 Å². The molecule has 0 amide bonds. The largest absolute Gasteiger partial charge is 0.118 e. The number of allylic oxidation sites excluding steroid dienone is 2. The standard InChI is InChI=1S/C20H21Cl/c1-20(2)13-18(12-19(21)14-20)17-10-8-16(9-11-17)15-6-4-3-5-7-15/h3-12,19H,13-14H2,1-2H3. The highest BCUT2D eigenvalue weighted by Crippen LogP contribution is 2.41. The maximum Gasteiger partial charge on any atom is 0.0527 e. The fraction of sp³-hybridized carbons (Fsp3) is 0.300. The molecule has 1 aliphatic carbocycles. The van der Waals surface area contributed by atoms with Crippen LogP contribution in [0.3, 0.4) is 0 Å². The fourth-order valence-electron chi connectivity index (χ4n) is 3.16. The van der Waals surface area contributed by atoms with Gasteiger partial charge in [0.25, 0.3) is 0 Å². The van der Waals surface area contributed by atoms with Crippen molar-refractivity contribution >= 4 is 17.2 Å². The predicted octanol–water partition coefficient (Wildman–Crippen LogP) is 6.16. The van der Waals surface area contributed by atoms with Crippen molar-refractivity contribution in [1.29, 1.82) is 0 Å². The summed E-state index contributed by atoms with van der Waals surface area (Å²) in [6.07, 6.45) is 4.38. The zero-order valence-electron chi connectivity index (χ0n) is 12.6. The van der Waals surface area contributed by atoms with Crippen LogP contribution in [0.4, 0.5) is 0 Å². The van der Waals surface area contributed by atoms with Crippen LogP contribution in [0.2, 0.25) is 0 Å². The van der Waals surface area contributed by atoms with E-state index < -0.39 is 0 Å². The van der Waals surface area contributed by atoms with E-state index in [-0.39, 0.29) is 10.8 Å². The third kappa shape index (κ3) is 3.39. The normalized spacial score (nSPS) is 20.9. The molecule has 1 unspecified atom stereocenters. The van der Waals surface area contributed by atoms with Gasteiger partial charge in [-0.05, 0) is 40.5 Å². The summed E-state index contributed by atoms with van der Waals surface area (Å²) in [5.74, 6) is 0. The summed E-state index contributed by atoms with van der Waals surface area (Å²) >= 11 is 6.40. The van der Waals surface area contributed by atoms with Crippen LogP contribution in [0.15, 0.2) is 60.7 Å². The Morgan fingerprint density at radius 1 is 0.857 bits per heavy atom. The van der Waals surface area contributed by atoms with Crippen LogP contribution in [-0.4, -0.2) is 5.38 Å². The van der Waals surface area contributed by atoms with Gasteiger partial charge in [-0.25, -0.2) is 0 Å². The molecule has 1 atom stereocenters. The van der Waals surface area contributed by atoms with Crippen LogP contribution in [-0.2, 0) is 0 Å². The van der Waals surface area contributed by atoms with Gasteiger partial charge in [0.1, 0.15) is 0 Å². The molecule has 0 aromatic heterocycles. The summed E-state index contributed by atoms with van der Waals surface area (Å²) in [7, 11) is 0. The van der Waals surface area contributed by atoms with Crippen LogP contribution in [0.25, 0.3) is 16.7 Å². The number of halogens is 1. The van der Waals surface area contributed by atoms with Gasteiger partial charge in [-0.3, -0.25) is 0 Å². The van der Waals surface area contributed by atoms with E-state index in [4.69, 9.17) is 11.6 Å². The molecule has 1 heteroatoms. The van der Waals surface area contributed by atoms with Crippen LogP contribution in [0.5, 0.6) is 0 Å².